The van der Waals surface area contributed by atoms with Crippen LogP contribution in [0.1, 0.15) is 63.9 Å². The Bertz CT molecular complexity index is 1280. The molecule has 4 saturated carbocycles. The molecule has 3 aromatic rings. The highest BCUT2D eigenvalue weighted by Crippen LogP contribution is 2.61. The van der Waals surface area contributed by atoms with Crippen molar-refractivity contribution in [3.05, 3.63) is 48.1 Å². The molecule has 4 aliphatic rings. The van der Waals surface area contributed by atoms with Crippen molar-refractivity contribution in [1.82, 2.24) is 19.5 Å². The standard InChI is InChI=1S/C30H39N5O3/c1-20(6-8-30-14-22-10-23(15-30)12-24(11-22)16-30)7-9-35-19-33-28-27(35)29(32-18-31-28)34-38-17-21-4-5-25(36-2)26(13-21)37-3/h4-5,7,13,18-19,22-24H,6,8-12,14-17H2,1-3H3,(H,31,32,34)/b20-7+. The second-order valence-electron chi connectivity index (χ2n) is 11.8. The van der Waals surface area contributed by atoms with Crippen LogP contribution in [0.3, 0.4) is 0 Å². The van der Waals surface area contributed by atoms with Crippen LogP contribution in [0.5, 0.6) is 11.5 Å². The molecule has 4 fully saturated rings. The number of rotatable bonds is 11. The number of ether oxygens (including phenoxy) is 2. The molecule has 0 amide bonds. The summed E-state index contributed by atoms with van der Waals surface area (Å²) in [5, 5.41) is 0. The van der Waals surface area contributed by atoms with Gasteiger partial charge in [-0.15, -0.1) is 0 Å². The summed E-state index contributed by atoms with van der Waals surface area (Å²) >= 11 is 0. The Labute approximate surface area is 224 Å². The van der Waals surface area contributed by atoms with Crippen molar-refractivity contribution in [1.29, 1.82) is 0 Å². The lowest BCUT2D eigenvalue weighted by molar-refractivity contribution is -0.0569. The second-order valence-corrected chi connectivity index (χ2v) is 11.8. The first-order valence-corrected chi connectivity index (χ1v) is 13.9. The number of anilines is 1. The SMILES string of the molecule is COc1ccc(CONc2ncnc3ncn(C/C=C(\C)CCC45CC6CC(CC(C6)C4)C5)c23)cc1OC. The number of aromatic nitrogens is 4. The van der Waals surface area contributed by atoms with E-state index in [1.807, 2.05) is 24.5 Å². The molecule has 2 aromatic heterocycles. The first-order valence-electron chi connectivity index (χ1n) is 13.9. The molecule has 0 aliphatic heterocycles. The van der Waals surface area contributed by atoms with E-state index in [9.17, 15) is 0 Å². The fourth-order valence-electron chi connectivity index (χ4n) is 7.70. The minimum atomic E-state index is 0.337. The van der Waals surface area contributed by atoms with Crippen LogP contribution in [0, 0.1) is 23.2 Å². The third-order valence-corrected chi connectivity index (χ3v) is 9.12. The lowest BCUT2D eigenvalue weighted by Crippen LogP contribution is -2.45. The molecule has 8 heteroatoms. The van der Waals surface area contributed by atoms with Gasteiger partial charge in [0.1, 0.15) is 11.8 Å². The first-order chi connectivity index (χ1) is 18.5. The molecule has 7 rings (SSSR count). The maximum atomic E-state index is 5.80. The molecule has 0 atom stereocenters. The molecule has 1 N–H and O–H groups in total. The molecular weight excluding hydrogens is 478 g/mol. The third kappa shape index (κ3) is 5.10. The van der Waals surface area contributed by atoms with Crippen molar-refractivity contribution in [2.45, 2.75) is 71.4 Å². The molecule has 2 heterocycles. The number of nitrogens with zero attached hydrogens (tertiary/aromatic N) is 4. The summed E-state index contributed by atoms with van der Waals surface area (Å²) in [6.45, 7) is 3.35. The van der Waals surface area contributed by atoms with Gasteiger partial charge in [0, 0.05) is 6.54 Å². The van der Waals surface area contributed by atoms with Crippen molar-refractivity contribution in [2.75, 3.05) is 19.7 Å². The Morgan fingerprint density at radius 3 is 2.47 bits per heavy atom. The van der Waals surface area contributed by atoms with Gasteiger partial charge >= 0.3 is 0 Å². The number of allylic oxidation sites excluding steroid dienone is 2. The van der Waals surface area contributed by atoms with Gasteiger partial charge in [-0.3, -0.25) is 4.84 Å². The summed E-state index contributed by atoms with van der Waals surface area (Å²) in [6.07, 6.45) is 17.2. The number of hydrogen-bond acceptors (Lipinski definition) is 7. The molecule has 0 spiro atoms. The fourth-order valence-corrected chi connectivity index (χ4v) is 7.70. The van der Waals surface area contributed by atoms with Crippen molar-refractivity contribution in [2.24, 2.45) is 23.2 Å². The summed E-state index contributed by atoms with van der Waals surface area (Å²) in [6, 6.07) is 5.71. The quantitative estimate of drug-likeness (QED) is 0.235. The van der Waals surface area contributed by atoms with E-state index < -0.39 is 0 Å². The Morgan fingerprint density at radius 2 is 1.76 bits per heavy atom. The number of hydrogen-bond donors (Lipinski definition) is 1. The predicted molar refractivity (Wildman–Crippen MR) is 147 cm³/mol. The molecule has 8 nitrogen and oxygen atoms in total. The van der Waals surface area contributed by atoms with Crippen LogP contribution in [-0.4, -0.2) is 33.7 Å². The van der Waals surface area contributed by atoms with Crippen molar-refractivity contribution in [3.8, 4) is 11.5 Å². The molecule has 0 radical (unpaired) electrons. The number of fused-ring (bicyclic) bond motifs is 1. The van der Waals surface area contributed by atoms with E-state index in [4.69, 9.17) is 14.3 Å². The minimum Gasteiger partial charge on any atom is -0.493 e. The molecule has 4 bridgehead atoms. The molecule has 38 heavy (non-hydrogen) atoms. The first kappa shape index (κ1) is 25.2. The summed E-state index contributed by atoms with van der Waals surface area (Å²) in [5.41, 5.74) is 7.53. The van der Waals surface area contributed by atoms with Gasteiger partial charge in [-0.25, -0.2) is 20.4 Å². The highest BCUT2D eigenvalue weighted by atomic mass is 16.6. The average molecular weight is 518 g/mol. The van der Waals surface area contributed by atoms with Gasteiger partial charge in [-0.1, -0.05) is 17.7 Å². The number of nitrogens with one attached hydrogen (secondary N) is 1. The molecule has 1 aromatic carbocycles. The maximum Gasteiger partial charge on any atom is 0.183 e. The fraction of sp³-hybridized carbons (Fsp3) is 0.567. The van der Waals surface area contributed by atoms with Crippen LogP contribution < -0.4 is 15.0 Å². The molecule has 0 saturated heterocycles. The van der Waals surface area contributed by atoms with Gasteiger partial charge in [0.2, 0.25) is 0 Å². The van der Waals surface area contributed by atoms with Gasteiger partial charge in [0.15, 0.2) is 23.0 Å². The lowest BCUT2D eigenvalue weighted by atomic mass is 9.48. The Morgan fingerprint density at radius 1 is 1.03 bits per heavy atom. The van der Waals surface area contributed by atoms with E-state index in [0.29, 0.717) is 35.0 Å². The van der Waals surface area contributed by atoms with E-state index >= 15 is 0 Å². The smallest absolute Gasteiger partial charge is 0.183 e. The summed E-state index contributed by atoms with van der Waals surface area (Å²) in [7, 11) is 3.25. The van der Waals surface area contributed by atoms with Crippen LogP contribution in [0.4, 0.5) is 5.82 Å². The molecule has 4 aliphatic carbocycles. The minimum absolute atomic E-state index is 0.337. The monoisotopic (exact) mass is 517 g/mol. The van der Waals surface area contributed by atoms with Gasteiger partial charge in [0.25, 0.3) is 0 Å². The van der Waals surface area contributed by atoms with Crippen LogP contribution in [0.25, 0.3) is 11.2 Å². The zero-order valence-corrected chi connectivity index (χ0v) is 22.8. The number of methoxy groups -OCH3 is 2. The van der Waals surface area contributed by atoms with Gasteiger partial charge in [0.05, 0.1) is 27.2 Å². The van der Waals surface area contributed by atoms with Crippen molar-refractivity contribution >= 4 is 17.0 Å². The van der Waals surface area contributed by atoms with Crippen LogP contribution in [0.15, 0.2) is 42.5 Å². The summed E-state index contributed by atoms with van der Waals surface area (Å²) < 4.78 is 12.8. The zero-order chi connectivity index (χ0) is 26.1. The Kier molecular flexibility index (Phi) is 6.99. The van der Waals surface area contributed by atoms with Gasteiger partial charge < -0.3 is 14.0 Å². The highest BCUT2D eigenvalue weighted by Gasteiger charge is 2.50. The van der Waals surface area contributed by atoms with E-state index in [2.05, 4.69) is 38.0 Å². The largest absolute Gasteiger partial charge is 0.493 e. The summed E-state index contributed by atoms with van der Waals surface area (Å²) in [5.74, 6) is 5.01. The molecular formula is C30H39N5O3. The van der Waals surface area contributed by atoms with Crippen molar-refractivity contribution < 1.29 is 14.3 Å². The average Bonchev–Trinajstić information content (AvgIpc) is 3.34. The Balaban J connectivity index is 1.08. The maximum absolute atomic E-state index is 5.80. The van der Waals surface area contributed by atoms with E-state index in [0.717, 1.165) is 35.4 Å². The summed E-state index contributed by atoms with van der Waals surface area (Å²) in [4.78, 5) is 19.1. The highest BCUT2D eigenvalue weighted by molar-refractivity contribution is 5.82. The van der Waals surface area contributed by atoms with Crippen LogP contribution >= 0.6 is 0 Å². The van der Waals surface area contributed by atoms with E-state index in [1.54, 1.807) is 14.2 Å². The molecule has 0 unspecified atom stereocenters. The van der Waals surface area contributed by atoms with Gasteiger partial charge in [-0.05, 0) is 99.2 Å². The third-order valence-electron chi connectivity index (χ3n) is 9.12. The van der Waals surface area contributed by atoms with E-state index in [1.165, 1.54) is 63.3 Å². The van der Waals surface area contributed by atoms with Crippen LogP contribution in [-0.2, 0) is 18.0 Å². The topological polar surface area (TPSA) is 83.3 Å². The van der Waals surface area contributed by atoms with Crippen LogP contribution in [0.2, 0.25) is 0 Å². The van der Waals surface area contributed by atoms with Crippen molar-refractivity contribution in [3.63, 3.8) is 0 Å². The Hall–Kier alpha value is -3.13. The normalized spacial score (nSPS) is 26.2. The molecule has 202 valence electrons. The lowest BCUT2D eigenvalue weighted by Gasteiger charge is -2.57. The number of imidazole rings is 1. The number of benzene rings is 1. The van der Waals surface area contributed by atoms with Gasteiger partial charge in [-0.2, -0.15) is 0 Å². The van der Waals surface area contributed by atoms with E-state index in [-0.39, 0.29) is 0 Å². The second kappa shape index (κ2) is 10.6. The zero-order valence-electron chi connectivity index (χ0n) is 22.8. The predicted octanol–water partition coefficient (Wildman–Crippen LogP) is 6.33.